The van der Waals surface area contributed by atoms with Crippen LogP contribution in [-0.4, -0.2) is 7.39 Å². The van der Waals surface area contributed by atoms with Gasteiger partial charge in [-0.3, -0.25) is 0 Å². The van der Waals surface area contributed by atoms with Crippen molar-refractivity contribution in [1.82, 2.24) is 0 Å². The van der Waals surface area contributed by atoms with Gasteiger partial charge in [0.25, 0.3) is 0 Å². The first kappa shape index (κ1) is 32.6. The van der Waals surface area contributed by atoms with E-state index in [-0.39, 0.29) is 32.2 Å². The molecule has 0 saturated heterocycles. The van der Waals surface area contributed by atoms with Gasteiger partial charge in [0.15, 0.2) is 0 Å². The molecule has 0 aromatic heterocycles. The molecule has 207 valence electrons. The molecule has 4 aromatic rings. The molecular formula is C36H41Cl2SiTi. The van der Waals surface area contributed by atoms with Crippen molar-refractivity contribution in [1.29, 1.82) is 0 Å². The van der Waals surface area contributed by atoms with E-state index in [4.69, 9.17) is 0 Å². The maximum atomic E-state index is 2.58. The van der Waals surface area contributed by atoms with Crippen molar-refractivity contribution < 1.29 is 41.9 Å². The van der Waals surface area contributed by atoms with Crippen LogP contribution < -0.4 is 24.8 Å². The van der Waals surface area contributed by atoms with E-state index in [1.807, 2.05) is 0 Å². The van der Waals surface area contributed by atoms with Crippen LogP contribution in [0, 0.1) is 0 Å². The number of hydrogen-bond acceptors (Lipinski definition) is 0. The van der Waals surface area contributed by atoms with Crippen LogP contribution in [0.3, 0.4) is 0 Å². The first-order valence-electron chi connectivity index (χ1n) is 14.6. The molecule has 2 aliphatic rings. The molecular weight excluding hydrogens is 579 g/mol. The summed E-state index contributed by atoms with van der Waals surface area (Å²) in [6, 6.07) is 31.6. The molecule has 0 spiro atoms. The Morgan fingerprint density at radius 2 is 1.43 bits per heavy atom. The van der Waals surface area contributed by atoms with Gasteiger partial charge in [0.2, 0.25) is 0 Å². The Kier molecular flexibility index (Phi) is 12.6. The predicted molar refractivity (Wildman–Crippen MR) is 168 cm³/mol. The fraction of sp³-hybridized carbons (Fsp3) is 0.278. The molecule has 0 radical (unpaired) electrons. The topological polar surface area (TPSA) is 0 Å². The molecule has 0 aliphatic heterocycles. The van der Waals surface area contributed by atoms with E-state index >= 15 is 0 Å². The maximum absolute atomic E-state index is 2.58. The largest absolute Gasteiger partial charge is 1.00 e. The second-order valence-electron chi connectivity index (χ2n) is 10.8. The van der Waals surface area contributed by atoms with Gasteiger partial charge in [-0.25, -0.2) is 0 Å². The Bertz CT molecular complexity index is 1460. The fourth-order valence-electron chi connectivity index (χ4n) is 6.41. The minimum absolute atomic E-state index is 0. The zero-order chi connectivity index (χ0) is 26.5. The van der Waals surface area contributed by atoms with Crippen molar-refractivity contribution in [3.63, 3.8) is 0 Å². The summed E-state index contributed by atoms with van der Waals surface area (Å²) in [5.74, 6) is 0. The zero-order valence-electron chi connectivity index (χ0n) is 24.3. The number of allylic oxidation sites excluding steroid dienone is 2. The number of hydrogen-bond donors (Lipinski definition) is 0. The number of halogens is 2. The van der Waals surface area contributed by atoms with Crippen LogP contribution in [0.25, 0.3) is 34.1 Å². The van der Waals surface area contributed by atoms with Gasteiger partial charge in [-0.1, -0.05) is 39.5 Å². The van der Waals surface area contributed by atoms with Crippen molar-refractivity contribution in [2.75, 3.05) is 0 Å². The summed E-state index contributed by atoms with van der Waals surface area (Å²) in [5.41, 5.74) is 10.5. The van der Waals surface area contributed by atoms with Crippen molar-refractivity contribution in [2.45, 2.75) is 61.4 Å². The molecule has 0 heterocycles. The van der Waals surface area contributed by atoms with E-state index in [1.54, 1.807) is 16.7 Å². The molecule has 6 rings (SSSR count). The molecule has 0 N–H and O–H groups in total. The Morgan fingerprint density at radius 3 is 2.12 bits per heavy atom. The van der Waals surface area contributed by atoms with Crippen LogP contribution in [0.5, 0.6) is 0 Å². The van der Waals surface area contributed by atoms with Crippen LogP contribution in [0.2, 0.25) is 6.55 Å². The summed E-state index contributed by atoms with van der Waals surface area (Å²) in [6.07, 6.45) is 13.1. The molecule has 0 fully saturated rings. The van der Waals surface area contributed by atoms with Gasteiger partial charge in [-0.2, -0.15) is 0 Å². The second kappa shape index (κ2) is 15.4. The normalized spacial score (nSPS) is 16.4. The summed E-state index contributed by atoms with van der Waals surface area (Å²) in [5, 5.41) is 2.78. The Hall–Kier alpha value is -1.87. The van der Waals surface area contributed by atoms with Gasteiger partial charge >= 0.3 is 199 Å². The average Bonchev–Trinajstić information content (AvgIpc) is 3.54. The summed E-state index contributed by atoms with van der Waals surface area (Å²) < 4.78 is 1.38. The standard InChI is InChI=1S/C16H13.C13H9.C6H14.CH5Si.2ClH.Ti/c1-12-10-14-8-5-9-15(16(14)11-12)13-6-3-2-4-7-13;1-2-6-12-10(4-1)8-9-11-5-3-7-13(11)12;1-3-5-6-4-2;1-2;;;/h2-11H,1H3;1-9H;3-6H2,1-2H3;2H2,1H3;2*1H;/q;;;;;;+2/p-2. The molecule has 0 bridgehead atoms. The second-order valence-corrected chi connectivity index (χ2v) is 21.8. The minimum Gasteiger partial charge on any atom is -1.00 e. The quantitative estimate of drug-likeness (QED) is 0.216. The van der Waals surface area contributed by atoms with Gasteiger partial charge in [-0.05, 0) is 0 Å². The summed E-state index contributed by atoms with van der Waals surface area (Å²) >= 11 is -1.41. The molecule has 2 aliphatic carbocycles. The van der Waals surface area contributed by atoms with Crippen molar-refractivity contribution in [2.24, 2.45) is 0 Å². The monoisotopic (exact) mass is 619 g/mol. The van der Waals surface area contributed by atoms with Crippen LogP contribution >= 0.6 is 0 Å². The first-order valence-corrected chi connectivity index (χ1v) is 21.8. The van der Waals surface area contributed by atoms with Gasteiger partial charge in [0.05, 0.1) is 0 Å². The van der Waals surface area contributed by atoms with Gasteiger partial charge in [0.1, 0.15) is 0 Å². The van der Waals surface area contributed by atoms with Crippen molar-refractivity contribution in [3.05, 3.63) is 119 Å². The summed E-state index contributed by atoms with van der Waals surface area (Å²) in [6.45, 7) is 9.44. The molecule has 0 amide bonds. The molecule has 0 nitrogen and oxygen atoms in total. The Morgan fingerprint density at radius 1 is 0.725 bits per heavy atom. The molecule has 4 heteroatoms. The molecule has 2 unspecified atom stereocenters. The van der Waals surface area contributed by atoms with E-state index in [0.29, 0.717) is 8.45 Å². The summed E-state index contributed by atoms with van der Waals surface area (Å²) in [4.78, 5) is 0. The van der Waals surface area contributed by atoms with E-state index in [1.165, 1.54) is 58.7 Å². The Balaban J connectivity index is 0.000000501. The van der Waals surface area contributed by atoms with Crippen LogP contribution in [0.4, 0.5) is 0 Å². The number of fused-ring (bicyclic) bond motifs is 4. The van der Waals surface area contributed by atoms with Crippen molar-refractivity contribution in [3.8, 4) is 11.1 Å². The third-order valence-electron chi connectivity index (χ3n) is 8.29. The number of rotatable bonds is 7. The fourth-order valence-corrected chi connectivity index (χ4v) is 19.1. The van der Waals surface area contributed by atoms with E-state index in [9.17, 15) is 0 Å². The smallest absolute Gasteiger partial charge is 1.00 e. The SMILES string of the molecule is CCCCCC.C[SiH2][Ti+2]([CH]1C=Cc2c1ccc1ccccc21)[CH]1C(C)=Cc2c(-c3ccccc3)cccc21.[Cl-].[Cl-]. The maximum Gasteiger partial charge on any atom is -1.00 e. The van der Waals surface area contributed by atoms with Gasteiger partial charge in [0, 0.05) is 0 Å². The van der Waals surface area contributed by atoms with E-state index in [2.05, 4.69) is 130 Å². The molecule has 40 heavy (non-hydrogen) atoms. The van der Waals surface area contributed by atoms with Crippen LogP contribution in [0.15, 0.2) is 96.6 Å². The van der Waals surface area contributed by atoms with Crippen molar-refractivity contribution >= 4 is 30.3 Å². The average molecular weight is 621 g/mol. The first-order chi connectivity index (χ1) is 18.7. The van der Waals surface area contributed by atoms with Gasteiger partial charge in [-0.15, -0.1) is 0 Å². The minimum atomic E-state index is -1.41. The predicted octanol–water partition coefficient (Wildman–Crippen LogP) is 4.08. The molecule has 0 saturated carbocycles. The third-order valence-corrected chi connectivity index (χ3v) is 20.8. The Labute approximate surface area is 262 Å². The third kappa shape index (κ3) is 6.61. The number of unbranched alkanes of at least 4 members (excludes halogenated alkanes) is 3. The van der Waals surface area contributed by atoms with E-state index in [0.717, 1.165) is 0 Å². The van der Waals surface area contributed by atoms with E-state index < -0.39 is 17.1 Å². The zero-order valence-corrected chi connectivity index (χ0v) is 28.7. The number of benzene rings is 4. The molecule has 4 aromatic carbocycles. The van der Waals surface area contributed by atoms with Crippen LogP contribution in [-0.2, 0) is 17.1 Å². The molecule has 2 atom stereocenters. The summed E-state index contributed by atoms with van der Waals surface area (Å²) in [7, 11) is -0.0936. The van der Waals surface area contributed by atoms with Crippen LogP contribution in [0.1, 0.15) is 77.2 Å². The van der Waals surface area contributed by atoms with Gasteiger partial charge < -0.3 is 24.8 Å².